The average molecular weight is 363 g/mol. The van der Waals surface area contributed by atoms with E-state index < -0.39 is 0 Å². The van der Waals surface area contributed by atoms with Crippen LogP contribution in [0.1, 0.15) is 11.1 Å². The van der Waals surface area contributed by atoms with E-state index in [-0.39, 0.29) is 0 Å². The van der Waals surface area contributed by atoms with E-state index in [0.717, 1.165) is 16.7 Å². The highest BCUT2D eigenvalue weighted by atomic mass is 35.5. The molecule has 23 heavy (non-hydrogen) atoms. The second kappa shape index (κ2) is 6.66. The zero-order chi connectivity index (χ0) is 16.4. The molecule has 0 atom stereocenters. The topological polar surface area (TPSA) is 46.0 Å². The van der Waals surface area contributed by atoms with Crippen LogP contribution in [0, 0.1) is 11.7 Å². The van der Waals surface area contributed by atoms with E-state index in [1.165, 1.54) is 0 Å². The Hall–Kier alpha value is -1.95. The Kier molecular flexibility index (Phi) is 4.61. The summed E-state index contributed by atoms with van der Waals surface area (Å²) in [6, 6.07) is 13.1. The number of rotatable bonds is 3. The van der Waals surface area contributed by atoms with Crippen LogP contribution < -0.4 is 0 Å². The first-order valence-corrected chi connectivity index (χ1v) is 7.95. The molecule has 0 unspecified atom stereocenters. The van der Waals surface area contributed by atoms with Crippen molar-refractivity contribution in [2.75, 3.05) is 0 Å². The molecular weight excluding hydrogens is 351 g/mol. The summed E-state index contributed by atoms with van der Waals surface area (Å²) in [7, 11) is 0. The van der Waals surface area contributed by atoms with E-state index in [9.17, 15) is 0 Å². The normalized spacial score (nSPS) is 11.3. The molecule has 0 bridgehead atoms. The number of H-pyrrole nitrogens is 1. The largest absolute Gasteiger partial charge is 0.250 e. The van der Waals surface area contributed by atoms with E-state index >= 15 is 0 Å². The molecule has 0 aliphatic rings. The van der Waals surface area contributed by atoms with Crippen molar-refractivity contribution in [3.8, 4) is 11.4 Å². The number of halogens is 2. The van der Waals surface area contributed by atoms with Gasteiger partial charge in [0.25, 0.3) is 0 Å². The highest BCUT2D eigenvalue weighted by Gasteiger charge is 2.10. The van der Waals surface area contributed by atoms with Crippen LogP contribution in [0.3, 0.4) is 0 Å². The minimum absolute atomic E-state index is 0.407. The van der Waals surface area contributed by atoms with Crippen LogP contribution in [-0.2, 0) is 0 Å². The van der Waals surface area contributed by atoms with Crippen molar-refractivity contribution >= 4 is 41.6 Å². The van der Waals surface area contributed by atoms with Crippen molar-refractivity contribution in [3.05, 3.63) is 68.4 Å². The van der Waals surface area contributed by atoms with Crippen LogP contribution in [0.4, 0.5) is 0 Å². The van der Waals surface area contributed by atoms with Crippen LogP contribution in [-0.4, -0.2) is 21.1 Å². The number of hydrogen-bond donors (Lipinski definition) is 1. The third-order valence-corrected chi connectivity index (χ3v) is 4.14. The smallest absolute Gasteiger partial charge is 0.216 e. The Morgan fingerprint density at radius 2 is 2.00 bits per heavy atom. The molecule has 2 aromatic carbocycles. The van der Waals surface area contributed by atoms with E-state index in [4.69, 9.17) is 35.4 Å². The number of aromatic nitrogens is 3. The minimum Gasteiger partial charge on any atom is -0.250 e. The Bertz CT molecular complexity index is 943. The second-order valence-electron chi connectivity index (χ2n) is 4.89. The summed E-state index contributed by atoms with van der Waals surface area (Å²) < 4.78 is 1.98. The zero-order valence-electron chi connectivity index (χ0n) is 12.1. The van der Waals surface area contributed by atoms with Gasteiger partial charge in [0.15, 0.2) is 5.82 Å². The predicted molar refractivity (Wildman–Crippen MR) is 97.0 cm³/mol. The maximum absolute atomic E-state index is 6.16. The Morgan fingerprint density at radius 3 is 2.74 bits per heavy atom. The van der Waals surface area contributed by atoms with Gasteiger partial charge in [0, 0.05) is 16.1 Å². The van der Waals surface area contributed by atoms with E-state index in [1.54, 1.807) is 29.1 Å². The molecule has 0 amide bonds. The molecule has 0 spiro atoms. The molecule has 0 radical (unpaired) electrons. The van der Waals surface area contributed by atoms with Gasteiger partial charge in [-0.05, 0) is 36.8 Å². The fourth-order valence-electron chi connectivity index (χ4n) is 2.12. The van der Waals surface area contributed by atoms with Crippen molar-refractivity contribution in [2.24, 2.45) is 5.10 Å². The first kappa shape index (κ1) is 15.9. The summed E-state index contributed by atoms with van der Waals surface area (Å²) in [5, 5.41) is 12.6. The summed E-state index contributed by atoms with van der Waals surface area (Å²) in [5.41, 5.74) is 2.79. The van der Waals surface area contributed by atoms with Gasteiger partial charge < -0.3 is 0 Å². The molecule has 116 valence electrons. The quantitative estimate of drug-likeness (QED) is 0.520. The number of aryl methyl sites for hydroxylation is 1. The summed E-state index contributed by atoms with van der Waals surface area (Å²) in [6.07, 6.45) is 1.63. The number of benzene rings is 2. The molecule has 3 aromatic rings. The molecule has 1 aromatic heterocycles. The first-order valence-electron chi connectivity index (χ1n) is 6.79. The van der Waals surface area contributed by atoms with Gasteiger partial charge >= 0.3 is 0 Å². The molecule has 1 heterocycles. The van der Waals surface area contributed by atoms with Crippen LogP contribution >= 0.6 is 35.4 Å². The van der Waals surface area contributed by atoms with Gasteiger partial charge in [-0.1, -0.05) is 53.5 Å². The standard InChI is InChI=1S/C16H12Cl2N4S/c1-10-4-2-3-5-13(10)15-20-21-16(23)22(15)19-9-11-6-7-12(17)8-14(11)18/h2-9H,1H3,(H,21,23)/b19-9+. The van der Waals surface area contributed by atoms with Crippen LogP contribution in [0.15, 0.2) is 47.6 Å². The fourth-order valence-corrected chi connectivity index (χ4v) is 2.76. The van der Waals surface area contributed by atoms with Crippen LogP contribution in [0.5, 0.6) is 0 Å². The lowest BCUT2D eigenvalue weighted by atomic mass is 10.1. The molecule has 0 fully saturated rings. The lowest BCUT2D eigenvalue weighted by molar-refractivity contribution is 0.871. The molecule has 3 rings (SSSR count). The Balaban J connectivity index is 2.04. The molecule has 0 saturated carbocycles. The summed E-state index contributed by atoms with van der Waals surface area (Å²) >= 11 is 17.3. The third kappa shape index (κ3) is 3.37. The number of hydrogen-bond acceptors (Lipinski definition) is 3. The number of nitrogens with one attached hydrogen (secondary N) is 1. The van der Waals surface area contributed by atoms with Gasteiger partial charge in [-0.3, -0.25) is 0 Å². The SMILES string of the molecule is Cc1ccccc1-c1n[nH]c(=S)n1/N=C/c1ccc(Cl)cc1Cl. The van der Waals surface area contributed by atoms with Crippen molar-refractivity contribution in [3.63, 3.8) is 0 Å². The summed E-state index contributed by atoms with van der Waals surface area (Å²) in [6.45, 7) is 2.01. The first-order chi connectivity index (χ1) is 11.1. The minimum atomic E-state index is 0.407. The fraction of sp³-hybridized carbons (Fsp3) is 0.0625. The van der Waals surface area contributed by atoms with Gasteiger partial charge in [0.1, 0.15) is 0 Å². The van der Waals surface area contributed by atoms with Crippen molar-refractivity contribution in [1.29, 1.82) is 0 Å². The van der Waals surface area contributed by atoms with Gasteiger partial charge in [-0.25, -0.2) is 5.10 Å². The molecule has 0 saturated heterocycles. The molecular formula is C16H12Cl2N4S. The Morgan fingerprint density at radius 1 is 1.22 bits per heavy atom. The lowest BCUT2D eigenvalue weighted by Crippen LogP contribution is -1.96. The van der Waals surface area contributed by atoms with Crippen LogP contribution in [0.2, 0.25) is 10.0 Å². The van der Waals surface area contributed by atoms with Gasteiger partial charge in [-0.15, -0.1) is 0 Å². The summed E-state index contributed by atoms with van der Waals surface area (Å²) in [5.74, 6) is 0.648. The average Bonchev–Trinajstić information content (AvgIpc) is 2.88. The monoisotopic (exact) mass is 362 g/mol. The lowest BCUT2D eigenvalue weighted by Gasteiger charge is -2.04. The predicted octanol–water partition coefficient (Wildman–Crippen LogP) is 5.11. The van der Waals surface area contributed by atoms with Crippen LogP contribution in [0.25, 0.3) is 11.4 Å². The maximum Gasteiger partial charge on any atom is 0.216 e. The van der Waals surface area contributed by atoms with E-state index in [0.29, 0.717) is 20.6 Å². The van der Waals surface area contributed by atoms with E-state index in [2.05, 4.69) is 15.3 Å². The molecule has 0 aliphatic heterocycles. The molecule has 1 N–H and O–H groups in total. The molecule has 7 heteroatoms. The van der Waals surface area contributed by atoms with E-state index in [1.807, 2.05) is 31.2 Å². The number of nitrogens with zero attached hydrogens (tertiary/aromatic N) is 3. The highest BCUT2D eigenvalue weighted by Crippen LogP contribution is 2.22. The number of aromatic amines is 1. The third-order valence-electron chi connectivity index (χ3n) is 3.31. The van der Waals surface area contributed by atoms with Gasteiger partial charge in [0.2, 0.25) is 4.77 Å². The van der Waals surface area contributed by atoms with Crippen molar-refractivity contribution in [1.82, 2.24) is 14.9 Å². The second-order valence-corrected chi connectivity index (χ2v) is 6.12. The van der Waals surface area contributed by atoms with Gasteiger partial charge in [0.05, 0.1) is 11.2 Å². The summed E-state index contributed by atoms with van der Waals surface area (Å²) in [4.78, 5) is 0. The highest BCUT2D eigenvalue weighted by molar-refractivity contribution is 7.71. The zero-order valence-corrected chi connectivity index (χ0v) is 14.5. The van der Waals surface area contributed by atoms with Gasteiger partial charge in [-0.2, -0.15) is 14.9 Å². The van der Waals surface area contributed by atoms with Crippen molar-refractivity contribution < 1.29 is 0 Å². The molecule has 4 nitrogen and oxygen atoms in total. The van der Waals surface area contributed by atoms with Crippen molar-refractivity contribution in [2.45, 2.75) is 6.92 Å². The Labute approximate surface area is 148 Å². The maximum atomic E-state index is 6.16. The molecule has 0 aliphatic carbocycles.